The van der Waals surface area contributed by atoms with Gasteiger partial charge in [-0.1, -0.05) is 18.2 Å². The van der Waals surface area contributed by atoms with Crippen LogP contribution in [-0.4, -0.2) is 31.9 Å². The van der Waals surface area contributed by atoms with Gasteiger partial charge in [0.05, 0.1) is 11.8 Å². The zero-order valence-corrected chi connectivity index (χ0v) is 14.0. The minimum atomic E-state index is -1.04. The molecule has 1 aromatic carbocycles. The Bertz CT molecular complexity index is 715. The highest BCUT2D eigenvalue weighted by atomic mass is 19.1. The lowest BCUT2D eigenvalue weighted by molar-refractivity contribution is -0.0615. The molecular formula is C19H24FN3O. The number of hydrogen-bond acceptors (Lipinski definition) is 3. The highest BCUT2D eigenvalue weighted by Crippen LogP contribution is 2.46. The van der Waals surface area contributed by atoms with Crippen molar-refractivity contribution < 1.29 is 9.50 Å². The first kappa shape index (κ1) is 15.8. The second-order valence-electron chi connectivity index (χ2n) is 7.18. The van der Waals surface area contributed by atoms with Crippen LogP contribution in [0.25, 0.3) is 0 Å². The third-order valence-corrected chi connectivity index (χ3v) is 5.67. The van der Waals surface area contributed by atoms with E-state index in [4.69, 9.17) is 0 Å². The molecule has 2 aromatic rings. The Labute approximate surface area is 141 Å². The van der Waals surface area contributed by atoms with Crippen molar-refractivity contribution in [2.24, 2.45) is 0 Å². The van der Waals surface area contributed by atoms with Crippen molar-refractivity contribution in [3.05, 3.63) is 53.6 Å². The van der Waals surface area contributed by atoms with Gasteiger partial charge in [-0.15, -0.1) is 0 Å². The zero-order valence-electron chi connectivity index (χ0n) is 14.0. The van der Waals surface area contributed by atoms with Crippen molar-refractivity contribution in [2.75, 3.05) is 0 Å². The third kappa shape index (κ3) is 2.66. The van der Waals surface area contributed by atoms with Crippen LogP contribution < -0.4 is 0 Å². The number of aromatic nitrogens is 2. The SMILES string of the molecule is CCn1cc(CN2[C@@H]3CC[C@H]2CC(O)(c2ccccc2F)C3)cn1. The molecule has 0 amide bonds. The van der Waals surface area contributed by atoms with E-state index in [1.807, 2.05) is 16.9 Å². The molecule has 0 saturated carbocycles. The summed E-state index contributed by atoms with van der Waals surface area (Å²) in [5, 5.41) is 15.5. The van der Waals surface area contributed by atoms with Crippen molar-refractivity contribution in [3.63, 3.8) is 0 Å². The molecule has 4 nitrogen and oxygen atoms in total. The maximum atomic E-state index is 14.2. The maximum absolute atomic E-state index is 14.2. The van der Waals surface area contributed by atoms with Crippen LogP contribution in [0.4, 0.5) is 4.39 Å². The molecular weight excluding hydrogens is 305 g/mol. The molecule has 2 fully saturated rings. The molecule has 24 heavy (non-hydrogen) atoms. The van der Waals surface area contributed by atoms with E-state index in [9.17, 15) is 9.50 Å². The van der Waals surface area contributed by atoms with Gasteiger partial charge < -0.3 is 5.11 Å². The summed E-state index contributed by atoms with van der Waals surface area (Å²) in [5.41, 5.74) is 0.631. The lowest BCUT2D eigenvalue weighted by Crippen LogP contribution is -2.49. The highest BCUT2D eigenvalue weighted by molar-refractivity contribution is 5.27. The monoisotopic (exact) mass is 329 g/mol. The number of aryl methyl sites for hydroxylation is 1. The number of nitrogens with zero attached hydrogens (tertiary/aromatic N) is 3. The van der Waals surface area contributed by atoms with Gasteiger partial charge in [-0.3, -0.25) is 9.58 Å². The smallest absolute Gasteiger partial charge is 0.129 e. The molecule has 2 bridgehead atoms. The van der Waals surface area contributed by atoms with Gasteiger partial charge in [0.2, 0.25) is 0 Å². The van der Waals surface area contributed by atoms with Gasteiger partial charge in [0.1, 0.15) is 5.82 Å². The summed E-state index contributed by atoms with van der Waals surface area (Å²) < 4.78 is 16.1. The van der Waals surface area contributed by atoms with Crippen LogP contribution in [0.2, 0.25) is 0 Å². The van der Waals surface area contributed by atoms with Gasteiger partial charge >= 0.3 is 0 Å². The van der Waals surface area contributed by atoms with Gasteiger partial charge in [0.25, 0.3) is 0 Å². The van der Waals surface area contributed by atoms with Crippen LogP contribution in [0.5, 0.6) is 0 Å². The number of fused-ring (bicyclic) bond motifs is 2. The fourth-order valence-electron chi connectivity index (χ4n) is 4.50. The number of rotatable bonds is 4. The van der Waals surface area contributed by atoms with Crippen molar-refractivity contribution >= 4 is 0 Å². The number of piperidine rings is 1. The first-order valence-electron chi connectivity index (χ1n) is 8.83. The van der Waals surface area contributed by atoms with Gasteiger partial charge in [-0.05, 0) is 38.7 Å². The Hall–Kier alpha value is -1.72. The number of halogens is 1. The van der Waals surface area contributed by atoms with E-state index >= 15 is 0 Å². The molecule has 0 spiro atoms. The molecule has 128 valence electrons. The van der Waals surface area contributed by atoms with Crippen LogP contribution >= 0.6 is 0 Å². The largest absolute Gasteiger partial charge is 0.385 e. The van der Waals surface area contributed by atoms with E-state index in [-0.39, 0.29) is 5.82 Å². The summed E-state index contributed by atoms with van der Waals surface area (Å²) in [6.07, 6.45) is 7.38. The summed E-state index contributed by atoms with van der Waals surface area (Å²) >= 11 is 0. The van der Waals surface area contributed by atoms with E-state index < -0.39 is 5.60 Å². The van der Waals surface area contributed by atoms with Crippen molar-refractivity contribution in [3.8, 4) is 0 Å². The lowest BCUT2D eigenvalue weighted by Gasteiger charge is -2.44. The molecule has 1 N–H and O–H groups in total. The number of aliphatic hydroxyl groups is 1. The van der Waals surface area contributed by atoms with Crippen LogP contribution in [0.1, 0.15) is 43.7 Å². The van der Waals surface area contributed by atoms with Crippen LogP contribution in [0.3, 0.4) is 0 Å². The fraction of sp³-hybridized carbons (Fsp3) is 0.526. The van der Waals surface area contributed by atoms with Gasteiger partial charge in [-0.2, -0.15) is 5.10 Å². The first-order chi connectivity index (χ1) is 11.6. The van der Waals surface area contributed by atoms with Crippen LogP contribution in [-0.2, 0) is 18.7 Å². The van der Waals surface area contributed by atoms with E-state index in [1.54, 1.807) is 12.1 Å². The molecule has 2 aliphatic rings. The molecule has 0 aliphatic carbocycles. The van der Waals surface area contributed by atoms with Crippen molar-refractivity contribution in [2.45, 2.75) is 63.4 Å². The van der Waals surface area contributed by atoms with Crippen molar-refractivity contribution in [1.82, 2.24) is 14.7 Å². The minimum Gasteiger partial charge on any atom is -0.385 e. The van der Waals surface area contributed by atoms with Crippen LogP contribution in [0, 0.1) is 5.82 Å². The number of benzene rings is 1. The molecule has 1 unspecified atom stereocenters. The molecule has 4 rings (SSSR count). The topological polar surface area (TPSA) is 41.3 Å². The third-order valence-electron chi connectivity index (χ3n) is 5.67. The zero-order chi connectivity index (χ0) is 16.7. The minimum absolute atomic E-state index is 0.294. The van der Waals surface area contributed by atoms with E-state index in [2.05, 4.69) is 23.1 Å². The molecule has 3 atom stereocenters. The van der Waals surface area contributed by atoms with Crippen molar-refractivity contribution in [1.29, 1.82) is 0 Å². The standard InChI is InChI=1S/C19H24FN3O/c1-2-22-12-14(11-21-22)13-23-15-7-8-16(23)10-19(24,9-15)17-5-3-4-6-18(17)20/h3-6,11-12,15-16,24H,2,7-10,13H2,1H3/t15-,16+,19?. The Morgan fingerprint density at radius 2 is 1.96 bits per heavy atom. The van der Waals surface area contributed by atoms with Gasteiger partial charge in [0.15, 0.2) is 0 Å². The normalized spacial score (nSPS) is 30.0. The molecule has 3 heterocycles. The molecule has 2 saturated heterocycles. The molecule has 5 heteroatoms. The second-order valence-corrected chi connectivity index (χ2v) is 7.18. The Morgan fingerprint density at radius 1 is 1.25 bits per heavy atom. The predicted molar refractivity (Wildman–Crippen MR) is 89.8 cm³/mol. The Balaban J connectivity index is 1.54. The summed E-state index contributed by atoms with van der Waals surface area (Å²) in [4.78, 5) is 2.48. The maximum Gasteiger partial charge on any atom is 0.129 e. The lowest BCUT2D eigenvalue weighted by atomic mass is 9.80. The summed E-state index contributed by atoms with van der Waals surface area (Å²) in [5.74, 6) is -0.294. The average Bonchev–Trinajstić information content (AvgIpc) is 3.12. The quantitative estimate of drug-likeness (QED) is 0.937. The molecule has 0 radical (unpaired) electrons. The average molecular weight is 329 g/mol. The second kappa shape index (κ2) is 5.97. The molecule has 1 aromatic heterocycles. The molecule has 2 aliphatic heterocycles. The van der Waals surface area contributed by atoms with E-state index in [0.717, 1.165) is 25.9 Å². The Kier molecular flexibility index (Phi) is 3.93. The first-order valence-corrected chi connectivity index (χ1v) is 8.83. The Morgan fingerprint density at radius 3 is 2.58 bits per heavy atom. The van der Waals surface area contributed by atoms with E-state index in [1.165, 1.54) is 11.6 Å². The summed E-state index contributed by atoms with van der Waals surface area (Å²) in [6.45, 7) is 3.82. The van der Waals surface area contributed by atoms with Gasteiger partial charge in [-0.25, -0.2) is 4.39 Å². The summed E-state index contributed by atoms with van der Waals surface area (Å²) in [6, 6.07) is 7.27. The summed E-state index contributed by atoms with van der Waals surface area (Å²) in [7, 11) is 0. The highest BCUT2D eigenvalue weighted by Gasteiger charge is 2.48. The van der Waals surface area contributed by atoms with Gasteiger partial charge in [0, 0.05) is 42.5 Å². The van der Waals surface area contributed by atoms with Crippen LogP contribution in [0.15, 0.2) is 36.7 Å². The fourth-order valence-corrected chi connectivity index (χ4v) is 4.50. The van der Waals surface area contributed by atoms with E-state index in [0.29, 0.717) is 30.5 Å². The number of hydrogen-bond donors (Lipinski definition) is 1. The predicted octanol–water partition coefficient (Wildman–Crippen LogP) is 3.06.